The highest BCUT2D eigenvalue weighted by Crippen LogP contribution is 2.18. The molecule has 0 radical (unpaired) electrons. The second-order valence-corrected chi connectivity index (χ2v) is 6.94. The third kappa shape index (κ3) is 5.39. The molecule has 0 amide bonds. The number of nitrogens with two attached hydrogens (primary N) is 1. The van der Waals surface area contributed by atoms with Crippen molar-refractivity contribution in [3.63, 3.8) is 0 Å². The van der Waals surface area contributed by atoms with Crippen molar-refractivity contribution in [1.29, 1.82) is 0 Å². The zero-order chi connectivity index (χ0) is 14.5. The van der Waals surface area contributed by atoms with E-state index >= 15 is 0 Å². The molecule has 2 rings (SSSR count). The Morgan fingerprint density at radius 3 is 2.90 bits per heavy atom. The van der Waals surface area contributed by atoms with Crippen molar-refractivity contribution in [3.8, 4) is 0 Å². The summed E-state index contributed by atoms with van der Waals surface area (Å²) in [5, 5.41) is 1.18. The van der Waals surface area contributed by atoms with Gasteiger partial charge in [-0.3, -0.25) is 4.99 Å². The van der Waals surface area contributed by atoms with Gasteiger partial charge in [0.05, 0.1) is 10.7 Å². The van der Waals surface area contributed by atoms with E-state index in [-0.39, 0.29) is 24.0 Å². The lowest BCUT2D eigenvalue weighted by molar-refractivity contribution is 0.270. The van der Waals surface area contributed by atoms with E-state index in [1.54, 1.807) is 11.3 Å². The smallest absolute Gasteiger partial charge is 0.191 e. The number of hydrogen-bond donors (Lipinski definition) is 1. The van der Waals surface area contributed by atoms with E-state index in [1.807, 2.05) is 0 Å². The molecule has 0 aromatic carbocycles. The number of aryl methyl sites for hydroxylation is 2. The van der Waals surface area contributed by atoms with Gasteiger partial charge in [0.1, 0.15) is 0 Å². The minimum absolute atomic E-state index is 0. The fourth-order valence-electron chi connectivity index (χ4n) is 2.69. The molecular formula is C15H27IN4S. The molecule has 4 nitrogen and oxygen atoms in total. The van der Waals surface area contributed by atoms with Crippen molar-refractivity contribution >= 4 is 41.3 Å². The molecule has 2 heterocycles. The van der Waals surface area contributed by atoms with Gasteiger partial charge in [-0.15, -0.1) is 35.3 Å². The number of halogens is 1. The van der Waals surface area contributed by atoms with E-state index in [0.717, 1.165) is 38.4 Å². The molecule has 21 heavy (non-hydrogen) atoms. The Labute approximate surface area is 149 Å². The number of hydrogen-bond acceptors (Lipinski definition) is 3. The molecule has 0 spiro atoms. The van der Waals surface area contributed by atoms with Crippen LogP contribution in [0.1, 0.15) is 42.3 Å². The predicted octanol–water partition coefficient (Wildman–Crippen LogP) is 3.22. The molecule has 1 aromatic heterocycles. The average Bonchev–Trinajstić information content (AvgIpc) is 2.79. The lowest BCUT2D eigenvalue weighted by Gasteiger charge is -2.31. The third-order valence-corrected chi connectivity index (χ3v) is 4.93. The van der Waals surface area contributed by atoms with E-state index < -0.39 is 0 Å². The van der Waals surface area contributed by atoms with Gasteiger partial charge < -0.3 is 10.6 Å². The minimum atomic E-state index is 0. The van der Waals surface area contributed by atoms with Crippen molar-refractivity contribution in [1.82, 2.24) is 9.88 Å². The summed E-state index contributed by atoms with van der Waals surface area (Å²) in [5.41, 5.74) is 7.32. The van der Waals surface area contributed by atoms with Crippen LogP contribution in [0.2, 0.25) is 0 Å². The summed E-state index contributed by atoms with van der Waals surface area (Å²) in [5.74, 6) is 1.44. The van der Waals surface area contributed by atoms with Gasteiger partial charge in [0.15, 0.2) is 5.96 Å². The Kier molecular flexibility index (Phi) is 7.94. The van der Waals surface area contributed by atoms with Crippen LogP contribution in [0.25, 0.3) is 0 Å². The summed E-state index contributed by atoms with van der Waals surface area (Å²) >= 11 is 1.79. The van der Waals surface area contributed by atoms with Gasteiger partial charge in [0, 0.05) is 30.9 Å². The van der Waals surface area contributed by atoms with Crippen LogP contribution in [0.3, 0.4) is 0 Å². The highest BCUT2D eigenvalue weighted by atomic mass is 127. The minimum Gasteiger partial charge on any atom is -0.370 e. The van der Waals surface area contributed by atoms with Gasteiger partial charge in [0.2, 0.25) is 0 Å². The average molecular weight is 422 g/mol. The van der Waals surface area contributed by atoms with Gasteiger partial charge in [-0.1, -0.05) is 13.8 Å². The van der Waals surface area contributed by atoms with Gasteiger partial charge in [-0.2, -0.15) is 0 Å². The number of thiazole rings is 1. The lowest BCUT2D eigenvalue weighted by Crippen LogP contribution is -2.43. The topological polar surface area (TPSA) is 54.5 Å². The lowest BCUT2D eigenvalue weighted by atomic mass is 10.0. The van der Waals surface area contributed by atoms with E-state index in [2.05, 4.69) is 35.6 Å². The first kappa shape index (κ1) is 18.7. The van der Waals surface area contributed by atoms with Crippen LogP contribution >= 0.6 is 35.3 Å². The molecule has 0 aliphatic carbocycles. The summed E-state index contributed by atoms with van der Waals surface area (Å²) in [6.07, 6.45) is 4.44. The fraction of sp³-hybridized carbons (Fsp3) is 0.733. The molecule has 1 saturated heterocycles. The Morgan fingerprint density at radius 1 is 1.52 bits per heavy atom. The monoisotopic (exact) mass is 422 g/mol. The van der Waals surface area contributed by atoms with Gasteiger partial charge in [-0.25, -0.2) is 4.98 Å². The second-order valence-electron chi connectivity index (χ2n) is 5.65. The summed E-state index contributed by atoms with van der Waals surface area (Å²) in [6.45, 7) is 9.42. The van der Waals surface area contributed by atoms with Crippen molar-refractivity contribution in [3.05, 3.63) is 15.6 Å². The van der Waals surface area contributed by atoms with E-state index in [0.29, 0.717) is 5.96 Å². The molecule has 1 unspecified atom stereocenters. The quantitative estimate of drug-likeness (QED) is 0.461. The predicted molar refractivity (Wildman–Crippen MR) is 102 cm³/mol. The molecule has 1 atom stereocenters. The van der Waals surface area contributed by atoms with Crippen LogP contribution in [-0.2, 0) is 12.8 Å². The number of guanidine groups is 1. The zero-order valence-corrected chi connectivity index (χ0v) is 16.4. The summed E-state index contributed by atoms with van der Waals surface area (Å²) < 4.78 is 0. The number of rotatable bonds is 4. The molecule has 2 N–H and O–H groups in total. The molecule has 1 fully saturated rings. The van der Waals surface area contributed by atoms with E-state index in [4.69, 9.17) is 5.73 Å². The zero-order valence-electron chi connectivity index (χ0n) is 13.3. The molecule has 6 heteroatoms. The van der Waals surface area contributed by atoms with Crippen molar-refractivity contribution in [2.24, 2.45) is 16.6 Å². The Balaban J connectivity index is 0.00000220. The standard InChI is InChI=1S/C15H26N4S.HI/c1-4-13-12(3)20-14(18-13)7-8-17-15(16)19-9-5-6-11(2)10-19;/h11H,4-10H2,1-3H3,(H2,16,17);1H. The first-order chi connectivity index (χ1) is 9.60. The van der Waals surface area contributed by atoms with Crippen LogP contribution in [0, 0.1) is 12.8 Å². The first-order valence-electron chi connectivity index (χ1n) is 7.60. The summed E-state index contributed by atoms with van der Waals surface area (Å²) in [4.78, 5) is 12.7. The number of piperidine rings is 1. The fourth-order valence-corrected chi connectivity index (χ4v) is 3.70. The number of aliphatic imine (C=N–C) groups is 1. The maximum Gasteiger partial charge on any atom is 0.191 e. The van der Waals surface area contributed by atoms with Gasteiger partial charge in [0.25, 0.3) is 0 Å². The number of likely N-dealkylation sites (tertiary alicyclic amines) is 1. The normalized spacial score (nSPS) is 19.5. The summed E-state index contributed by atoms with van der Waals surface area (Å²) in [7, 11) is 0. The van der Waals surface area contributed by atoms with Crippen molar-refractivity contribution in [2.75, 3.05) is 19.6 Å². The van der Waals surface area contributed by atoms with Crippen molar-refractivity contribution < 1.29 is 0 Å². The Morgan fingerprint density at radius 2 is 2.29 bits per heavy atom. The molecule has 1 aromatic rings. The van der Waals surface area contributed by atoms with Gasteiger partial charge >= 0.3 is 0 Å². The Hall–Kier alpha value is -0.370. The third-order valence-electron chi connectivity index (χ3n) is 3.85. The highest BCUT2D eigenvalue weighted by molar-refractivity contribution is 14.0. The number of aromatic nitrogens is 1. The SMILES string of the molecule is CCc1nc(CCN=C(N)N2CCCC(C)C2)sc1C.I. The second kappa shape index (κ2) is 8.92. The van der Waals surface area contributed by atoms with Crippen LogP contribution in [0.4, 0.5) is 0 Å². The molecule has 120 valence electrons. The van der Waals surface area contributed by atoms with E-state index in [9.17, 15) is 0 Å². The summed E-state index contributed by atoms with van der Waals surface area (Å²) in [6, 6.07) is 0. The van der Waals surface area contributed by atoms with Gasteiger partial charge in [-0.05, 0) is 32.1 Å². The Bertz CT molecular complexity index is 472. The highest BCUT2D eigenvalue weighted by Gasteiger charge is 2.17. The molecular weight excluding hydrogens is 395 g/mol. The molecule has 1 aliphatic rings. The maximum atomic E-state index is 6.09. The van der Waals surface area contributed by atoms with Crippen molar-refractivity contribution in [2.45, 2.75) is 46.5 Å². The maximum absolute atomic E-state index is 6.09. The first-order valence-corrected chi connectivity index (χ1v) is 8.41. The molecule has 0 saturated carbocycles. The van der Waals surface area contributed by atoms with E-state index in [1.165, 1.54) is 28.4 Å². The van der Waals surface area contributed by atoms with Crippen LogP contribution in [0.15, 0.2) is 4.99 Å². The van der Waals surface area contributed by atoms with Crippen LogP contribution < -0.4 is 5.73 Å². The molecule has 0 bridgehead atoms. The number of nitrogens with zero attached hydrogens (tertiary/aromatic N) is 3. The van der Waals surface area contributed by atoms with Crippen LogP contribution in [-0.4, -0.2) is 35.5 Å². The largest absolute Gasteiger partial charge is 0.370 e. The van der Waals surface area contributed by atoms with Crippen LogP contribution in [0.5, 0.6) is 0 Å². The molecule has 1 aliphatic heterocycles.